The van der Waals surface area contributed by atoms with Gasteiger partial charge in [-0.3, -0.25) is 19.5 Å². The fraction of sp³-hybridized carbons (Fsp3) is 0.222. The maximum Gasteiger partial charge on any atom is 0.338 e. The van der Waals surface area contributed by atoms with Crippen LogP contribution in [0.15, 0.2) is 69.7 Å². The molecule has 0 N–H and O–H groups in total. The summed E-state index contributed by atoms with van der Waals surface area (Å²) in [5.74, 6) is -0.611. The predicted molar refractivity (Wildman–Crippen MR) is 141 cm³/mol. The minimum Gasteiger partial charge on any atom is -0.463 e. The summed E-state index contributed by atoms with van der Waals surface area (Å²) in [6, 6.07) is 11.7. The molecular formula is C27H24N4O5S. The molecule has 3 heterocycles. The monoisotopic (exact) mass is 516 g/mol. The van der Waals surface area contributed by atoms with E-state index in [-0.39, 0.29) is 23.4 Å². The lowest BCUT2D eigenvalue weighted by Crippen LogP contribution is -2.40. The molecule has 0 saturated carbocycles. The molecule has 0 unspecified atom stereocenters. The number of hydrogen-bond acceptors (Lipinski definition) is 7. The molecule has 37 heavy (non-hydrogen) atoms. The molecule has 1 aliphatic heterocycles. The minimum absolute atomic E-state index is 0.0896. The summed E-state index contributed by atoms with van der Waals surface area (Å²) < 4.78 is 9.18. The van der Waals surface area contributed by atoms with Crippen LogP contribution in [-0.2, 0) is 16.6 Å². The Morgan fingerprint density at radius 2 is 2.00 bits per heavy atom. The molecule has 188 valence electrons. The Hall–Kier alpha value is -4.31. The molecule has 10 heteroatoms. The van der Waals surface area contributed by atoms with Gasteiger partial charge in [-0.05, 0) is 38.5 Å². The summed E-state index contributed by atoms with van der Waals surface area (Å²) in [4.78, 5) is 43.1. The van der Waals surface area contributed by atoms with Gasteiger partial charge in [-0.2, -0.15) is 0 Å². The number of hydrogen-bond donors (Lipinski definition) is 0. The summed E-state index contributed by atoms with van der Waals surface area (Å²) in [5, 5.41) is 12.7. The number of carbonyl (C=O) groups is 1. The number of aromatic nitrogens is 2. The highest BCUT2D eigenvalue weighted by Gasteiger charge is 2.34. The van der Waals surface area contributed by atoms with Crippen molar-refractivity contribution in [2.75, 3.05) is 6.61 Å². The largest absolute Gasteiger partial charge is 0.463 e. The van der Waals surface area contributed by atoms with Gasteiger partial charge in [-0.15, -0.1) is 0 Å². The van der Waals surface area contributed by atoms with Gasteiger partial charge in [0.05, 0.1) is 33.4 Å². The van der Waals surface area contributed by atoms with E-state index in [1.54, 1.807) is 32.9 Å². The second-order valence-electron chi connectivity index (χ2n) is 8.82. The molecule has 0 bridgehead atoms. The zero-order chi connectivity index (χ0) is 26.4. The number of rotatable bonds is 5. The highest BCUT2D eigenvalue weighted by molar-refractivity contribution is 7.07. The van der Waals surface area contributed by atoms with Gasteiger partial charge in [0.2, 0.25) is 0 Å². The molecule has 2 aromatic heterocycles. The molecule has 9 nitrogen and oxygen atoms in total. The zero-order valence-corrected chi connectivity index (χ0v) is 21.5. The quantitative estimate of drug-likeness (QED) is 0.229. The molecule has 1 atom stereocenters. The van der Waals surface area contributed by atoms with E-state index in [9.17, 15) is 19.7 Å². The van der Waals surface area contributed by atoms with Crippen molar-refractivity contribution in [3.63, 3.8) is 0 Å². The first-order chi connectivity index (χ1) is 17.7. The number of nitrogens with zero attached hydrogens (tertiary/aromatic N) is 4. The first kappa shape index (κ1) is 24.4. The van der Waals surface area contributed by atoms with Crippen molar-refractivity contribution in [3.05, 3.63) is 106 Å². The van der Waals surface area contributed by atoms with E-state index in [4.69, 9.17) is 4.74 Å². The van der Waals surface area contributed by atoms with Crippen LogP contribution in [0.3, 0.4) is 0 Å². The van der Waals surface area contributed by atoms with Crippen LogP contribution in [0.5, 0.6) is 0 Å². The van der Waals surface area contributed by atoms with Crippen molar-refractivity contribution < 1.29 is 14.5 Å². The number of carbonyl (C=O) groups excluding carboxylic acids is 1. The number of allylic oxidation sites excluding steroid dienone is 1. The lowest BCUT2D eigenvalue weighted by atomic mass is 9.94. The van der Waals surface area contributed by atoms with E-state index in [1.165, 1.54) is 22.0 Å². The average Bonchev–Trinajstić information content (AvgIpc) is 3.34. The van der Waals surface area contributed by atoms with Crippen LogP contribution in [0, 0.1) is 17.0 Å². The summed E-state index contributed by atoms with van der Waals surface area (Å²) in [6.45, 7) is 5.16. The third-order valence-corrected chi connectivity index (χ3v) is 7.46. The number of aryl methyl sites for hydroxylation is 2. The highest BCUT2D eigenvalue weighted by Crippen LogP contribution is 2.33. The Kier molecular flexibility index (Phi) is 6.12. The first-order valence-corrected chi connectivity index (χ1v) is 12.5. The minimum atomic E-state index is -0.913. The average molecular weight is 517 g/mol. The van der Waals surface area contributed by atoms with Gasteiger partial charge < -0.3 is 9.30 Å². The van der Waals surface area contributed by atoms with Crippen molar-refractivity contribution in [2.45, 2.75) is 26.8 Å². The topological polar surface area (TPSA) is 109 Å². The smallest absolute Gasteiger partial charge is 0.338 e. The second kappa shape index (κ2) is 9.29. The fourth-order valence-corrected chi connectivity index (χ4v) is 5.77. The lowest BCUT2D eigenvalue weighted by molar-refractivity contribution is -0.385. The van der Waals surface area contributed by atoms with Crippen LogP contribution in [0.1, 0.15) is 36.6 Å². The van der Waals surface area contributed by atoms with E-state index in [1.807, 2.05) is 48.2 Å². The van der Waals surface area contributed by atoms with Crippen LogP contribution in [-0.4, -0.2) is 26.6 Å². The third-order valence-electron chi connectivity index (χ3n) is 6.48. The predicted octanol–water partition coefficient (Wildman–Crippen LogP) is 3.51. The molecule has 0 fully saturated rings. The number of benzene rings is 2. The van der Waals surface area contributed by atoms with Crippen molar-refractivity contribution in [1.29, 1.82) is 0 Å². The molecule has 4 aromatic rings. The Labute approximate surface area is 215 Å². The molecular weight excluding hydrogens is 492 g/mol. The van der Waals surface area contributed by atoms with Crippen molar-refractivity contribution in [3.8, 4) is 0 Å². The van der Waals surface area contributed by atoms with Gasteiger partial charge >= 0.3 is 5.97 Å². The van der Waals surface area contributed by atoms with E-state index in [2.05, 4.69) is 4.99 Å². The summed E-state index contributed by atoms with van der Waals surface area (Å²) in [6.07, 6.45) is 3.78. The van der Waals surface area contributed by atoms with Gasteiger partial charge in [0.25, 0.3) is 11.2 Å². The lowest BCUT2D eigenvalue weighted by Gasteiger charge is -2.24. The SMILES string of the molecule is CCOC(=O)C1=C(C)N=c2s/c(=C/c3cn(C)c4ccccc34)c(=O)n2[C@H]1c1ccc(C)c([N+](=O)[O-])c1. The van der Waals surface area contributed by atoms with Gasteiger partial charge in [-0.25, -0.2) is 9.79 Å². The van der Waals surface area contributed by atoms with Crippen molar-refractivity contribution in [2.24, 2.45) is 12.0 Å². The number of thiazole rings is 1. The number of ether oxygens (including phenoxy) is 1. The summed E-state index contributed by atoms with van der Waals surface area (Å²) in [7, 11) is 1.94. The maximum absolute atomic E-state index is 13.8. The Morgan fingerprint density at radius 1 is 1.24 bits per heavy atom. The van der Waals surface area contributed by atoms with Crippen LogP contribution in [0.25, 0.3) is 17.0 Å². The van der Waals surface area contributed by atoms with Gasteiger partial charge in [0.15, 0.2) is 4.80 Å². The van der Waals surface area contributed by atoms with Crippen LogP contribution in [0.2, 0.25) is 0 Å². The molecule has 2 aromatic carbocycles. The van der Waals surface area contributed by atoms with Crippen LogP contribution < -0.4 is 14.9 Å². The van der Waals surface area contributed by atoms with Crippen molar-refractivity contribution in [1.82, 2.24) is 9.13 Å². The maximum atomic E-state index is 13.8. The van der Waals surface area contributed by atoms with Crippen LogP contribution >= 0.6 is 11.3 Å². The highest BCUT2D eigenvalue weighted by atomic mass is 32.1. The molecule has 0 spiro atoms. The van der Waals surface area contributed by atoms with E-state index in [0.29, 0.717) is 26.2 Å². The Balaban J connectivity index is 1.77. The summed E-state index contributed by atoms with van der Waals surface area (Å²) >= 11 is 1.22. The normalized spacial score (nSPS) is 15.6. The van der Waals surface area contributed by atoms with Gasteiger partial charge in [0, 0.05) is 41.3 Å². The Morgan fingerprint density at radius 3 is 2.73 bits per heavy atom. The first-order valence-electron chi connectivity index (χ1n) is 11.7. The molecule has 5 rings (SSSR count). The number of para-hydroxylation sites is 1. The molecule has 0 aliphatic carbocycles. The summed E-state index contributed by atoms with van der Waals surface area (Å²) in [5.41, 5.74) is 3.00. The second-order valence-corrected chi connectivity index (χ2v) is 9.83. The zero-order valence-electron chi connectivity index (χ0n) is 20.7. The number of nitro groups is 1. The van der Waals surface area contributed by atoms with E-state index >= 15 is 0 Å². The third kappa shape index (κ3) is 4.09. The number of fused-ring (bicyclic) bond motifs is 2. The van der Waals surface area contributed by atoms with E-state index < -0.39 is 16.9 Å². The molecule has 0 saturated heterocycles. The van der Waals surface area contributed by atoms with Gasteiger partial charge in [-0.1, -0.05) is 41.7 Å². The van der Waals surface area contributed by atoms with E-state index in [0.717, 1.165) is 16.5 Å². The van der Waals surface area contributed by atoms with Crippen LogP contribution in [0.4, 0.5) is 5.69 Å². The molecule has 1 aliphatic rings. The molecule has 0 radical (unpaired) electrons. The Bertz CT molecular complexity index is 1810. The fourth-order valence-electron chi connectivity index (χ4n) is 4.73. The number of esters is 1. The van der Waals surface area contributed by atoms with Gasteiger partial charge in [0.1, 0.15) is 0 Å². The molecule has 0 amide bonds. The standard InChI is InChI=1S/C27H24N4O5S/c1-5-36-26(33)23-16(3)28-27-30(24(23)17-11-10-15(2)21(12-17)31(34)35)25(32)22(37-27)13-18-14-29(4)20-9-7-6-8-19(18)20/h6-14,24H,5H2,1-4H3/b22-13+/t24-/m0/s1. The van der Waals surface area contributed by atoms with Crippen molar-refractivity contribution >= 4 is 40.0 Å². The number of nitro benzene ring substituents is 1.